The summed E-state index contributed by atoms with van der Waals surface area (Å²) in [5.41, 5.74) is 9.16. The number of rotatable bonds is 2. The van der Waals surface area contributed by atoms with Gasteiger partial charge < -0.3 is 20.7 Å². The average Bonchev–Trinajstić information content (AvgIpc) is 2.50. The number of benzene rings is 2. The van der Waals surface area contributed by atoms with Crippen LogP contribution in [0.25, 0.3) is 11.6 Å². The Hall–Kier alpha value is -3.14. The molecule has 0 saturated carbocycles. The highest BCUT2D eigenvalue weighted by molar-refractivity contribution is 5.81. The lowest BCUT2D eigenvalue weighted by Crippen LogP contribution is -1.97. The molecule has 110 valence electrons. The molecule has 2 aromatic carbocycles. The van der Waals surface area contributed by atoms with E-state index in [4.69, 9.17) is 10.5 Å². The third-order valence-electron chi connectivity index (χ3n) is 3.32. The fraction of sp³-hybridized carbons (Fsp3) is 0. The molecule has 1 heterocycles. The Bertz CT molecular complexity index is 804. The molecule has 1 aliphatic rings. The minimum atomic E-state index is -0.137. The fourth-order valence-corrected chi connectivity index (χ4v) is 2.20. The van der Waals surface area contributed by atoms with Gasteiger partial charge in [-0.25, -0.2) is 0 Å². The molecular formula is C18H15NO3. The zero-order valence-corrected chi connectivity index (χ0v) is 11.7. The van der Waals surface area contributed by atoms with Gasteiger partial charge in [-0.3, -0.25) is 0 Å². The van der Waals surface area contributed by atoms with E-state index in [0.717, 1.165) is 22.4 Å². The van der Waals surface area contributed by atoms with E-state index in [1.54, 1.807) is 18.4 Å². The van der Waals surface area contributed by atoms with Crippen LogP contribution in [0.1, 0.15) is 11.1 Å². The highest BCUT2D eigenvalue weighted by atomic mass is 16.5. The molecular weight excluding hydrogens is 278 g/mol. The summed E-state index contributed by atoms with van der Waals surface area (Å²) in [5.74, 6) is 0.459. The van der Waals surface area contributed by atoms with Crippen LogP contribution in [0.5, 0.6) is 17.2 Å². The number of hydrogen-bond acceptors (Lipinski definition) is 4. The van der Waals surface area contributed by atoms with Gasteiger partial charge in [-0.05, 0) is 41.5 Å². The minimum Gasteiger partial charge on any atom is -0.504 e. The van der Waals surface area contributed by atoms with Gasteiger partial charge in [0, 0.05) is 17.3 Å². The van der Waals surface area contributed by atoms with Crippen LogP contribution in [0.2, 0.25) is 0 Å². The Morgan fingerprint density at radius 3 is 2.68 bits per heavy atom. The molecule has 3 rings (SSSR count). The number of allylic oxidation sites excluding steroid dienone is 4. The topological polar surface area (TPSA) is 75.7 Å². The summed E-state index contributed by atoms with van der Waals surface area (Å²) in [6.07, 6.45) is 9.15. The SMILES string of the molecule is Nc1ccc2c(c1)OC=C/C2=C\C=C\c1ccc(O)c(O)c1. The molecule has 2 aromatic rings. The summed E-state index contributed by atoms with van der Waals surface area (Å²) in [6, 6.07) is 10.2. The van der Waals surface area contributed by atoms with Crippen molar-refractivity contribution >= 4 is 17.3 Å². The molecule has 4 heteroatoms. The maximum Gasteiger partial charge on any atom is 0.157 e. The van der Waals surface area contributed by atoms with Crippen LogP contribution in [-0.2, 0) is 0 Å². The molecule has 1 aliphatic heterocycles. The largest absolute Gasteiger partial charge is 0.504 e. The van der Waals surface area contributed by atoms with E-state index in [0.29, 0.717) is 5.69 Å². The van der Waals surface area contributed by atoms with Gasteiger partial charge in [0.15, 0.2) is 11.5 Å². The molecule has 0 aromatic heterocycles. The van der Waals surface area contributed by atoms with E-state index in [-0.39, 0.29) is 11.5 Å². The first-order chi connectivity index (χ1) is 10.6. The van der Waals surface area contributed by atoms with Crippen molar-refractivity contribution in [2.75, 3.05) is 5.73 Å². The number of hydrogen-bond donors (Lipinski definition) is 3. The van der Waals surface area contributed by atoms with E-state index in [1.807, 2.05) is 36.4 Å². The summed E-state index contributed by atoms with van der Waals surface area (Å²) in [5, 5.41) is 18.8. The zero-order chi connectivity index (χ0) is 15.5. The second kappa shape index (κ2) is 5.69. The second-order valence-electron chi connectivity index (χ2n) is 4.91. The molecule has 0 spiro atoms. The molecule has 22 heavy (non-hydrogen) atoms. The van der Waals surface area contributed by atoms with Gasteiger partial charge in [-0.15, -0.1) is 0 Å². The van der Waals surface area contributed by atoms with Crippen LogP contribution in [-0.4, -0.2) is 10.2 Å². The second-order valence-corrected chi connectivity index (χ2v) is 4.91. The van der Waals surface area contributed by atoms with Crippen molar-refractivity contribution in [1.82, 2.24) is 0 Å². The first-order valence-corrected chi connectivity index (χ1v) is 6.77. The molecule has 0 unspecified atom stereocenters. The van der Waals surface area contributed by atoms with Crippen molar-refractivity contribution in [2.45, 2.75) is 0 Å². The maximum absolute atomic E-state index is 9.47. The third kappa shape index (κ3) is 2.81. The Balaban J connectivity index is 1.86. The Labute approximate surface area is 128 Å². The molecule has 0 radical (unpaired) electrons. The van der Waals surface area contributed by atoms with Gasteiger partial charge in [0.05, 0.1) is 6.26 Å². The van der Waals surface area contributed by atoms with E-state index >= 15 is 0 Å². The average molecular weight is 293 g/mol. The summed E-state index contributed by atoms with van der Waals surface area (Å²) in [6.45, 7) is 0. The lowest BCUT2D eigenvalue weighted by molar-refractivity contribution is 0.403. The highest BCUT2D eigenvalue weighted by Gasteiger charge is 2.10. The van der Waals surface area contributed by atoms with Crippen molar-refractivity contribution in [1.29, 1.82) is 0 Å². The van der Waals surface area contributed by atoms with Crippen LogP contribution in [0.3, 0.4) is 0 Å². The number of anilines is 1. The number of nitrogen functional groups attached to an aromatic ring is 1. The summed E-state index contributed by atoms with van der Waals surface area (Å²) in [4.78, 5) is 0. The number of phenols is 2. The first-order valence-electron chi connectivity index (χ1n) is 6.77. The van der Waals surface area contributed by atoms with Gasteiger partial charge in [0.1, 0.15) is 5.75 Å². The molecule has 4 N–H and O–H groups in total. The number of fused-ring (bicyclic) bond motifs is 1. The zero-order valence-electron chi connectivity index (χ0n) is 11.7. The quantitative estimate of drug-likeness (QED) is 0.583. The summed E-state index contributed by atoms with van der Waals surface area (Å²) in [7, 11) is 0. The predicted octanol–water partition coefficient (Wildman–Crippen LogP) is 3.68. The standard InChI is InChI=1S/C18H15NO3/c19-14-5-6-15-13(8-9-22-18(15)11-14)3-1-2-12-4-7-16(20)17(21)10-12/h1-11,20-21H,19H2/b2-1+,13-3+. The Kier molecular flexibility index (Phi) is 3.58. The normalized spacial score (nSPS) is 15.0. The van der Waals surface area contributed by atoms with Crippen molar-refractivity contribution in [3.63, 3.8) is 0 Å². The van der Waals surface area contributed by atoms with Crippen LogP contribution in [0.15, 0.2) is 60.9 Å². The fourth-order valence-electron chi connectivity index (χ4n) is 2.20. The van der Waals surface area contributed by atoms with Crippen molar-refractivity contribution in [2.24, 2.45) is 0 Å². The minimum absolute atomic E-state index is 0.130. The number of ether oxygens (including phenoxy) is 1. The van der Waals surface area contributed by atoms with Crippen LogP contribution < -0.4 is 10.5 Å². The number of nitrogens with two attached hydrogens (primary N) is 1. The van der Waals surface area contributed by atoms with Gasteiger partial charge >= 0.3 is 0 Å². The molecule has 0 aliphatic carbocycles. The lowest BCUT2D eigenvalue weighted by Gasteiger charge is -2.14. The summed E-state index contributed by atoms with van der Waals surface area (Å²) >= 11 is 0. The third-order valence-corrected chi connectivity index (χ3v) is 3.32. The smallest absolute Gasteiger partial charge is 0.157 e. The van der Waals surface area contributed by atoms with Crippen LogP contribution >= 0.6 is 0 Å². The number of aromatic hydroxyl groups is 2. The summed E-state index contributed by atoms with van der Waals surface area (Å²) < 4.78 is 5.44. The van der Waals surface area contributed by atoms with Gasteiger partial charge in [0.25, 0.3) is 0 Å². The van der Waals surface area contributed by atoms with E-state index < -0.39 is 0 Å². The molecule has 0 saturated heterocycles. The van der Waals surface area contributed by atoms with Crippen molar-refractivity contribution in [3.8, 4) is 17.2 Å². The molecule has 0 bridgehead atoms. The predicted molar refractivity (Wildman–Crippen MR) is 87.4 cm³/mol. The van der Waals surface area contributed by atoms with Crippen LogP contribution in [0.4, 0.5) is 5.69 Å². The van der Waals surface area contributed by atoms with E-state index in [1.165, 1.54) is 12.1 Å². The molecule has 4 nitrogen and oxygen atoms in total. The van der Waals surface area contributed by atoms with Crippen molar-refractivity contribution in [3.05, 3.63) is 72.0 Å². The van der Waals surface area contributed by atoms with E-state index in [9.17, 15) is 10.2 Å². The van der Waals surface area contributed by atoms with Gasteiger partial charge in [-0.1, -0.05) is 24.3 Å². The lowest BCUT2D eigenvalue weighted by atomic mass is 10.0. The Morgan fingerprint density at radius 2 is 1.86 bits per heavy atom. The number of phenolic OH excluding ortho intramolecular Hbond substituents is 2. The molecule has 0 fully saturated rings. The first kappa shape index (κ1) is 13.8. The van der Waals surface area contributed by atoms with Crippen molar-refractivity contribution < 1.29 is 14.9 Å². The molecule has 0 amide bonds. The molecule has 0 atom stereocenters. The van der Waals surface area contributed by atoms with Gasteiger partial charge in [-0.2, -0.15) is 0 Å². The maximum atomic E-state index is 9.47. The monoisotopic (exact) mass is 293 g/mol. The Morgan fingerprint density at radius 1 is 1.00 bits per heavy atom. The van der Waals surface area contributed by atoms with E-state index in [2.05, 4.69) is 0 Å². The van der Waals surface area contributed by atoms with Crippen LogP contribution in [0, 0.1) is 0 Å². The highest BCUT2D eigenvalue weighted by Crippen LogP contribution is 2.32. The van der Waals surface area contributed by atoms with Gasteiger partial charge in [0.2, 0.25) is 0 Å².